The van der Waals surface area contributed by atoms with E-state index in [2.05, 4.69) is 19.2 Å². The van der Waals surface area contributed by atoms with E-state index in [1.807, 2.05) is 0 Å². The van der Waals surface area contributed by atoms with Crippen LogP contribution in [-0.4, -0.2) is 31.3 Å². The largest absolute Gasteiger partial charge is 0.374 e. The van der Waals surface area contributed by atoms with Crippen molar-refractivity contribution in [1.82, 2.24) is 5.32 Å². The molecule has 1 aliphatic heterocycles. The van der Waals surface area contributed by atoms with Crippen molar-refractivity contribution >= 4 is 0 Å². The van der Waals surface area contributed by atoms with Crippen LogP contribution in [0.2, 0.25) is 0 Å². The lowest BCUT2D eigenvalue weighted by Gasteiger charge is -2.27. The van der Waals surface area contributed by atoms with Crippen molar-refractivity contribution in [2.45, 2.75) is 70.4 Å². The fraction of sp³-hybridized carbons (Fsp3) is 1.00. The molecular weight excluding hydrogens is 212 g/mol. The van der Waals surface area contributed by atoms with Gasteiger partial charge in [-0.05, 0) is 26.2 Å². The Bertz CT molecular complexity index is 191. The number of ether oxygens (including phenoxy) is 1. The van der Waals surface area contributed by atoms with Crippen molar-refractivity contribution in [3.05, 3.63) is 0 Å². The Morgan fingerprint density at radius 1 is 1.35 bits per heavy atom. The van der Waals surface area contributed by atoms with Crippen LogP contribution in [0.15, 0.2) is 0 Å². The smallest absolute Gasteiger partial charge is 0.0779 e. The molecule has 0 spiro atoms. The van der Waals surface area contributed by atoms with Crippen molar-refractivity contribution < 1.29 is 4.74 Å². The van der Waals surface area contributed by atoms with E-state index < -0.39 is 0 Å². The molecule has 1 rings (SSSR count). The van der Waals surface area contributed by atoms with Crippen LogP contribution in [0.5, 0.6) is 0 Å². The van der Waals surface area contributed by atoms with Gasteiger partial charge in [0.1, 0.15) is 0 Å². The van der Waals surface area contributed by atoms with Gasteiger partial charge in [-0.1, -0.05) is 32.6 Å². The molecule has 0 bridgehead atoms. The summed E-state index contributed by atoms with van der Waals surface area (Å²) in [6.07, 6.45) is 8.84. The van der Waals surface area contributed by atoms with Crippen molar-refractivity contribution in [2.75, 3.05) is 19.7 Å². The summed E-state index contributed by atoms with van der Waals surface area (Å²) < 4.78 is 5.78. The van der Waals surface area contributed by atoms with E-state index in [0.29, 0.717) is 6.04 Å². The van der Waals surface area contributed by atoms with Gasteiger partial charge in [0.2, 0.25) is 0 Å². The Balaban J connectivity index is 2.13. The third-order valence-electron chi connectivity index (χ3n) is 3.76. The van der Waals surface area contributed by atoms with Gasteiger partial charge in [0.05, 0.1) is 5.60 Å². The summed E-state index contributed by atoms with van der Waals surface area (Å²) in [4.78, 5) is 0. The van der Waals surface area contributed by atoms with E-state index in [1.165, 1.54) is 44.9 Å². The van der Waals surface area contributed by atoms with Crippen LogP contribution < -0.4 is 11.1 Å². The molecule has 1 aliphatic rings. The zero-order valence-electron chi connectivity index (χ0n) is 11.6. The summed E-state index contributed by atoms with van der Waals surface area (Å²) in [5.41, 5.74) is 5.86. The molecule has 3 heteroatoms. The molecule has 2 unspecified atom stereocenters. The SMILES string of the molecule is CCCCCCC(CN)NCC1(C)CCCO1. The molecule has 0 aliphatic carbocycles. The summed E-state index contributed by atoms with van der Waals surface area (Å²) >= 11 is 0. The first-order valence-corrected chi connectivity index (χ1v) is 7.27. The third-order valence-corrected chi connectivity index (χ3v) is 3.76. The zero-order chi connectivity index (χ0) is 12.6. The average Bonchev–Trinajstić information content (AvgIpc) is 2.76. The number of nitrogens with one attached hydrogen (secondary N) is 1. The molecular formula is C14H30N2O. The van der Waals surface area contributed by atoms with Crippen LogP contribution in [0, 0.1) is 0 Å². The molecule has 3 N–H and O–H groups in total. The van der Waals surface area contributed by atoms with E-state index in [4.69, 9.17) is 10.5 Å². The van der Waals surface area contributed by atoms with Crippen LogP contribution in [0.4, 0.5) is 0 Å². The summed E-state index contributed by atoms with van der Waals surface area (Å²) in [7, 11) is 0. The molecule has 0 radical (unpaired) electrons. The molecule has 1 fully saturated rings. The van der Waals surface area contributed by atoms with E-state index >= 15 is 0 Å². The highest BCUT2D eigenvalue weighted by Gasteiger charge is 2.29. The van der Waals surface area contributed by atoms with Crippen LogP contribution in [-0.2, 0) is 4.74 Å². The molecule has 1 saturated heterocycles. The summed E-state index contributed by atoms with van der Waals surface area (Å²) in [6.45, 7) is 7.06. The predicted molar refractivity (Wildman–Crippen MR) is 73.2 cm³/mol. The second kappa shape index (κ2) is 8.06. The maximum Gasteiger partial charge on any atom is 0.0779 e. The topological polar surface area (TPSA) is 47.3 Å². The van der Waals surface area contributed by atoms with Gasteiger partial charge in [0.25, 0.3) is 0 Å². The summed E-state index contributed by atoms with van der Waals surface area (Å²) in [5, 5.41) is 3.58. The molecule has 17 heavy (non-hydrogen) atoms. The third kappa shape index (κ3) is 5.84. The number of rotatable bonds is 9. The fourth-order valence-electron chi connectivity index (χ4n) is 2.46. The van der Waals surface area contributed by atoms with Gasteiger partial charge < -0.3 is 15.8 Å². The number of hydrogen-bond acceptors (Lipinski definition) is 3. The van der Waals surface area contributed by atoms with Crippen LogP contribution >= 0.6 is 0 Å². The van der Waals surface area contributed by atoms with E-state index in [-0.39, 0.29) is 5.60 Å². The molecule has 0 aromatic heterocycles. The lowest BCUT2D eigenvalue weighted by atomic mass is 10.0. The van der Waals surface area contributed by atoms with E-state index in [1.54, 1.807) is 0 Å². The Labute approximate surface area is 106 Å². The maximum atomic E-state index is 5.81. The summed E-state index contributed by atoms with van der Waals surface area (Å²) in [5.74, 6) is 0. The van der Waals surface area contributed by atoms with Crippen molar-refractivity contribution in [1.29, 1.82) is 0 Å². The minimum absolute atomic E-state index is 0.0524. The minimum Gasteiger partial charge on any atom is -0.374 e. The molecule has 102 valence electrons. The first-order valence-electron chi connectivity index (χ1n) is 7.27. The van der Waals surface area contributed by atoms with E-state index in [9.17, 15) is 0 Å². The molecule has 1 heterocycles. The molecule has 2 atom stereocenters. The Morgan fingerprint density at radius 2 is 2.18 bits per heavy atom. The predicted octanol–water partition coefficient (Wildman–Crippen LogP) is 2.44. The fourth-order valence-corrected chi connectivity index (χ4v) is 2.46. The average molecular weight is 242 g/mol. The van der Waals surface area contributed by atoms with Gasteiger partial charge in [-0.25, -0.2) is 0 Å². The number of hydrogen-bond donors (Lipinski definition) is 2. The first-order chi connectivity index (χ1) is 8.20. The standard InChI is InChI=1S/C14H30N2O/c1-3-4-5-6-8-13(11-15)16-12-14(2)9-7-10-17-14/h13,16H,3-12,15H2,1-2H3. The highest BCUT2D eigenvalue weighted by atomic mass is 16.5. The Morgan fingerprint density at radius 3 is 2.76 bits per heavy atom. The maximum absolute atomic E-state index is 5.81. The van der Waals surface area contributed by atoms with Gasteiger partial charge >= 0.3 is 0 Å². The first kappa shape index (κ1) is 14.9. The molecule has 0 saturated carbocycles. The molecule has 0 amide bonds. The van der Waals surface area contributed by atoms with E-state index in [0.717, 1.165) is 19.7 Å². The van der Waals surface area contributed by atoms with Crippen molar-refractivity contribution in [3.63, 3.8) is 0 Å². The van der Waals surface area contributed by atoms with Crippen LogP contribution in [0.25, 0.3) is 0 Å². The second-order valence-corrected chi connectivity index (χ2v) is 5.56. The van der Waals surface area contributed by atoms with Crippen LogP contribution in [0.1, 0.15) is 58.8 Å². The molecule has 0 aromatic carbocycles. The number of nitrogens with two attached hydrogens (primary N) is 1. The van der Waals surface area contributed by atoms with Gasteiger partial charge in [0.15, 0.2) is 0 Å². The quantitative estimate of drug-likeness (QED) is 0.611. The lowest BCUT2D eigenvalue weighted by molar-refractivity contribution is 0.0187. The number of unbranched alkanes of at least 4 members (excludes halogenated alkanes) is 3. The lowest BCUT2D eigenvalue weighted by Crippen LogP contribution is -2.45. The highest BCUT2D eigenvalue weighted by molar-refractivity contribution is 4.84. The van der Waals surface area contributed by atoms with Crippen molar-refractivity contribution in [2.24, 2.45) is 5.73 Å². The minimum atomic E-state index is 0.0524. The second-order valence-electron chi connectivity index (χ2n) is 5.56. The van der Waals surface area contributed by atoms with Crippen LogP contribution in [0.3, 0.4) is 0 Å². The normalized spacial score (nSPS) is 26.3. The Hall–Kier alpha value is -0.120. The Kier molecular flexibility index (Phi) is 7.09. The molecule has 0 aromatic rings. The van der Waals surface area contributed by atoms with Gasteiger partial charge in [-0.3, -0.25) is 0 Å². The van der Waals surface area contributed by atoms with Gasteiger partial charge in [0, 0.05) is 25.7 Å². The molecule has 3 nitrogen and oxygen atoms in total. The summed E-state index contributed by atoms with van der Waals surface area (Å²) in [6, 6.07) is 0.466. The van der Waals surface area contributed by atoms with Gasteiger partial charge in [-0.15, -0.1) is 0 Å². The monoisotopic (exact) mass is 242 g/mol. The zero-order valence-corrected chi connectivity index (χ0v) is 11.6. The van der Waals surface area contributed by atoms with Gasteiger partial charge in [-0.2, -0.15) is 0 Å². The highest BCUT2D eigenvalue weighted by Crippen LogP contribution is 2.24. The van der Waals surface area contributed by atoms with Crippen molar-refractivity contribution in [3.8, 4) is 0 Å².